The molecule has 164 valence electrons. The topological polar surface area (TPSA) is 69.1 Å². The van der Waals surface area contributed by atoms with Gasteiger partial charge in [-0.05, 0) is 28.6 Å². The molecule has 4 rings (SSSR count). The lowest BCUT2D eigenvalue weighted by molar-refractivity contribution is 0.0342. The predicted molar refractivity (Wildman–Crippen MR) is 128 cm³/mol. The quantitative estimate of drug-likeness (QED) is 0.391. The summed E-state index contributed by atoms with van der Waals surface area (Å²) in [6, 6.07) is 18.9. The number of nitrogens with one attached hydrogen (secondary N) is 2. The highest BCUT2D eigenvalue weighted by molar-refractivity contribution is 7.19. The smallest absolute Gasteiger partial charge is 0.191 e. The Kier molecular flexibility index (Phi) is 7.53. The molecule has 31 heavy (non-hydrogen) atoms. The first kappa shape index (κ1) is 21.8. The fourth-order valence-electron chi connectivity index (χ4n) is 3.65. The number of aliphatic hydroxyl groups is 1. The minimum atomic E-state index is -0.574. The van der Waals surface area contributed by atoms with Gasteiger partial charge in [-0.15, -0.1) is 11.3 Å². The molecule has 0 saturated carbocycles. The second-order valence-electron chi connectivity index (χ2n) is 7.71. The second kappa shape index (κ2) is 10.7. The molecule has 1 fully saturated rings. The van der Waals surface area contributed by atoms with Crippen LogP contribution in [0.25, 0.3) is 10.1 Å². The van der Waals surface area contributed by atoms with Crippen LogP contribution in [0.4, 0.5) is 0 Å². The molecule has 1 aliphatic heterocycles. The lowest BCUT2D eigenvalue weighted by Crippen LogP contribution is -2.38. The SMILES string of the molecule is CN=C(NCc1ccc(CN2CCOCC2)cc1)NCC(O)c1cc2ccccc2s1. The van der Waals surface area contributed by atoms with E-state index in [4.69, 9.17) is 4.74 Å². The zero-order chi connectivity index (χ0) is 21.5. The summed E-state index contributed by atoms with van der Waals surface area (Å²) in [5.41, 5.74) is 2.51. The van der Waals surface area contributed by atoms with Gasteiger partial charge >= 0.3 is 0 Å². The third kappa shape index (κ3) is 6.04. The average molecular weight is 439 g/mol. The second-order valence-corrected chi connectivity index (χ2v) is 8.83. The third-order valence-corrected chi connectivity index (χ3v) is 6.67. The molecule has 2 heterocycles. The molecule has 7 heteroatoms. The first-order valence-corrected chi connectivity index (χ1v) is 11.5. The largest absolute Gasteiger partial charge is 0.386 e. The molecule has 0 bridgehead atoms. The van der Waals surface area contributed by atoms with Crippen LogP contribution in [0.15, 0.2) is 59.6 Å². The highest BCUT2D eigenvalue weighted by atomic mass is 32.1. The molecule has 1 saturated heterocycles. The zero-order valence-corrected chi connectivity index (χ0v) is 18.7. The Bertz CT molecular complexity index is 963. The fourth-order valence-corrected chi connectivity index (χ4v) is 4.70. The zero-order valence-electron chi connectivity index (χ0n) is 17.9. The number of hydrogen-bond acceptors (Lipinski definition) is 5. The van der Waals surface area contributed by atoms with E-state index in [9.17, 15) is 5.11 Å². The van der Waals surface area contributed by atoms with Gasteiger partial charge in [-0.25, -0.2) is 0 Å². The highest BCUT2D eigenvalue weighted by Gasteiger charge is 2.13. The van der Waals surface area contributed by atoms with E-state index in [0.29, 0.717) is 19.0 Å². The van der Waals surface area contributed by atoms with E-state index in [2.05, 4.69) is 63.0 Å². The summed E-state index contributed by atoms with van der Waals surface area (Å²) in [6.07, 6.45) is -0.574. The lowest BCUT2D eigenvalue weighted by Gasteiger charge is -2.26. The molecule has 2 aromatic carbocycles. The Morgan fingerprint density at radius 1 is 1.10 bits per heavy atom. The first-order chi connectivity index (χ1) is 15.2. The van der Waals surface area contributed by atoms with Crippen molar-refractivity contribution in [2.24, 2.45) is 4.99 Å². The molecule has 0 aliphatic carbocycles. The third-order valence-electron chi connectivity index (χ3n) is 5.45. The summed E-state index contributed by atoms with van der Waals surface area (Å²) >= 11 is 1.63. The van der Waals surface area contributed by atoms with Gasteiger partial charge in [0, 0.05) is 49.3 Å². The van der Waals surface area contributed by atoms with Gasteiger partial charge in [0.2, 0.25) is 0 Å². The van der Waals surface area contributed by atoms with Crippen molar-refractivity contribution in [2.75, 3.05) is 39.9 Å². The van der Waals surface area contributed by atoms with E-state index in [1.54, 1.807) is 18.4 Å². The van der Waals surface area contributed by atoms with Crippen LogP contribution in [0.3, 0.4) is 0 Å². The molecule has 1 unspecified atom stereocenters. The summed E-state index contributed by atoms with van der Waals surface area (Å²) in [5.74, 6) is 0.678. The van der Waals surface area contributed by atoms with Crippen molar-refractivity contribution in [2.45, 2.75) is 19.2 Å². The molecule has 1 aromatic heterocycles. The average Bonchev–Trinajstić information content (AvgIpc) is 3.25. The minimum absolute atomic E-state index is 0.408. The number of rotatable bonds is 7. The molecule has 0 spiro atoms. The number of ether oxygens (including phenoxy) is 1. The summed E-state index contributed by atoms with van der Waals surface area (Å²) in [6.45, 7) is 5.70. The molecule has 0 amide bonds. The molecule has 1 atom stereocenters. The lowest BCUT2D eigenvalue weighted by atomic mass is 10.1. The first-order valence-electron chi connectivity index (χ1n) is 10.7. The fraction of sp³-hybridized carbons (Fsp3) is 0.375. The van der Waals surface area contributed by atoms with Crippen molar-refractivity contribution < 1.29 is 9.84 Å². The maximum atomic E-state index is 10.6. The van der Waals surface area contributed by atoms with Crippen molar-refractivity contribution in [1.29, 1.82) is 0 Å². The van der Waals surface area contributed by atoms with E-state index >= 15 is 0 Å². The Morgan fingerprint density at radius 2 is 1.84 bits per heavy atom. The summed E-state index contributed by atoms with van der Waals surface area (Å²) in [5, 5.41) is 18.3. The van der Waals surface area contributed by atoms with Crippen LogP contribution in [0.5, 0.6) is 0 Å². The van der Waals surface area contributed by atoms with E-state index in [1.165, 1.54) is 21.2 Å². The van der Waals surface area contributed by atoms with Crippen LogP contribution in [0, 0.1) is 0 Å². The Hall–Kier alpha value is -2.45. The minimum Gasteiger partial charge on any atom is -0.386 e. The van der Waals surface area contributed by atoms with E-state index in [0.717, 1.165) is 37.7 Å². The van der Waals surface area contributed by atoms with Crippen molar-refractivity contribution in [1.82, 2.24) is 15.5 Å². The molecule has 1 aliphatic rings. The number of benzene rings is 2. The Labute approximate surface area is 187 Å². The van der Waals surface area contributed by atoms with Gasteiger partial charge in [-0.3, -0.25) is 9.89 Å². The van der Waals surface area contributed by atoms with Crippen LogP contribution in [0.1, 0.15) is 22.1 Å². The van der Waals surface area contributed by atoms with Gasteiger partial charge in [-0.1, -0.05) is 42.5 Å². The van der Waals surface area contributed by atoms with Crippen LogP contribution in [-0.4, -0.2) is 55.9 Å². The highest BCUT2D eigenvalue weighted by Crippen LogP contribution is 2.29. The maximum absolute atomic E-state index is 10.6. The number of nitrogens with zero attached hydrogens (tertiary/aromatic N) is 2. The number of aliphatic imine (C=N–C) groups is 1. The van der Waals surface area contributed by atoms with Gasteiger partial charge < -0.3 is 20.5 Å². The number of morpholine rings is 1. The van der Waals surface area contributed by atoms with Gasteiger partial charge in [0.25, 0.3) is 0 Å². The molecule has 0 radical (unpaired) electrons. The van der Waals surface area contributed by atoms with Crippen LogP contribution < -0.4 is 10.6 Å². The number of fused-ring (bicyclic) bond motifs is 1. The molecule has 6 nitrogen and oxygen atoms in total. The molecule has 3 aromatic rings. The van der Waals surface area contributed by atoms with Gasteiger partial charge in [0.05, 0.1) is 13.2 Å². The van der Waals surface area contributed by atoms with E-state index in [-0.39, 0.29) is 0 Å². The van der Waals surface area contributed by atoms with Crippen molar-refractivity contribution in [3.8, 4) is 0 Å². The Balaban J connectivity index is 1.24. The van der Waals surface area contributed by atoms with Crippen molar-refractivity contribution in [3.05, 3.63) is 70.6 Å². The standard InChI is InChI=1S/C24H30N4O2S/c1-25-24(27-16-21(29)23-14-20-4-2-3-5-22(20)31-23)26-15-18-6-8-19(9-7-18)17-28-10-12-30-13-11-28/h2-9,14,21,29H,10-13,15-17H2,1H3,(H2,25,26,27). The summed E-state index contributed by atoms with van der Waals surface area (Å²) in [4.78, 5) is 7.65. The van der Waals surface area contributed by atoms with Crippen LogP contribution >= 0.6 is 11.3 Å². The van der Waals surface area contributed by atoms with Gasteiger partial charge in [-0.2, -0.15) is 0 Å². The predicted octanol–water partition coefficient (Wildman–Crippen LogP) is 3.13. The van der Waals surface area contributed by atoms with E-state index < -0.39 is 6.10 Å². The van der Waals surface area contributed by atoms with Gasteiger partial charge in [0.15, 0.2) is 5.96 Å². The Morgan fingerprint density at radius 3 is 2.58 bits per heavy atom. The molecular weight excluding hydrogens is 408 g/mol. The van der Waals surface area contributed by atoms with Crippen molar-refractivity contribution in [3.63, 3.8) is 0 Å². The molecular formula is C24H30N4O2S. The van der Waals surface area contributed by atoms with Crippen LogP contribution in [-0.2, 0) is 17.8 Å². The maximum Gasteiger partial charge on any atom is 0.191 e. The number of hydrogen-bond donors (Lipinski definition) is 3. The molecule has 3 N–H and O–H groups in total. The van der Waals surface area contributed by atoms with Crippen molar-refractivity contribution >= 4 is 27.4 Å². The number of aliphatic hydroxyl groups excluding tert-OH is 1. The van der Waals surface area contributed by atoms with Gasteiger partial charge in [0.1, 0.15) is 6.10 Å². The van der Waals surface area contributed by atoms with Crippen LogP contribution in [0.2, 0.25) is 0 Å². The normalized spacial score (nSPS) is 16.4. The summed E-state index contributed by atoms with van der Waals surface area (Å²) < 4.78 is 6.60. The van der Waals surface area contributed by atoms with E-state index in [1.807, 2.05) is 12.1 Å². The number of guanidine groups is 1. The number of thiophene rings is 1. The monoisotopic (exact) mass is 438 g/mol. The summed E-state index contributed by atoms with van der Waals surface area (Å²) in [7, 11) is 1.74.